The zero-order valence-electron chi connectivity index (χ0n) is 14.4. The number of fused-ring (bicyclic) bond motifs is 5. The van der Waals surface area contributed by atoms with Crippen LogP contribution in [0.15, 0.2) is 72.8 Å². The molecule has 0 heteroatoms. The van der Waals surface area contributed by atoms with E-state index >= 15 is 0 Å². The molecule has 2 aliphatic carbocycles. The van der Waals surface area contributed by atoms with Gasteiger partial charge in [0.15, 0.2) is 0 Å². The van der Waals surface area contributed by atoms with Crippen molar-refractivity contribution in [3.63, 3.8) is 0 Å². The summed E-state index contributed by atoms with van der Waals surface area (Å²) in [5.74, 6) is 0. The summed E-state index contributed by atoms with van der Waals surface area (Å²) in [6, 6.07) is 27.1. The molecule has 0 unspecified atom stereocenters. The molecule has 0 saturated heterocycles. The Bertz CT molecular complexity index is 1180. The van der Waals surface area contributed by atoms with E-state index in [9.17, 15) is 0 Å². The zero-order valence-corrected chi connectivity index (χ0v) is 14.4. The Kier molecular flexibility index (Phi) is 2.26. The van der Waals surface area contributed by atoms with Crippen LogP contribution in [0, 0.1) is 0 Å². The molecule has 0 saturated carbocycles. The minimum absolute atomic E-state index is 0.0233. The van der Waals surface area contributed by atoms with E-state index in [4.69, 9.17) is 0 Å². The van der Waals surface area contributed by atoms with Gasteiger partial charge in [-0.3, -0.25) is 0 Å². The van der Waals surface area contributed by atoms with Crippen LogP contribution in [0.4, 0.5) is 0 Å². The van der Waals surface area contributed by atoms with Gasteiger partial charge in [0, 0.05) is 5.41 Å². The average molecular weight is 318 g/mol. The molecule has 25 heavy (non-hydrogen) atoms. The molecule has 0 amide bonds. The summed E-state index contributed by atoms with van der Waals surface area (Å²) in [6.07, 6.45) is 0. The van der Waals surface area contributed by atoms with Gasteiger partial charge in [0.1, 0.15) is 0 Å². The number of rotatable bonds is 0. The molecule has 2 aliphatic rings. The Morgan fingerprint density at radius 1 is 0.440 bits per heavy atom. The van der Waals surface area contributed by atoms with E-state index in [0.29, 0.717) is 0 Å². The summed E-state index contributed by atoms with van der Waals surface area (Å²) < 4.78 is 0. The van der Waals surface area contributed by atoms with Crippen molar-refractivity contribution in [2.24, 2.45) is 0 Å². The minimum Gasteiger partial charge on any atom is -0.0619 e. The van der Waals surface area contributed by atoms with Crippen molar-refractivity contribution in [1.82, 2.24) is 0 Å². The summed E-state index contributed by atoms with van der Waals surface area (Å²) in [5, 5.41) is 2.90. The van der Waals surface area contributed by atoms with Crippen LogP contribution in [0.5, 0.6) is 0 Å². The monoisotopic (exact) mass is 318 g/mol. The van der Waals surface area contributed by atoms with E-state index in [2.05, 4.69) is 86.6 Å². The number of benzene rings is 4. The second kappa shape index (κ2) is 4.21. The van der Waals surface area contributed by atoms with E-state index in [0.717, 1.165) is 0 Å². The Balaban J connectivity index is 1.87. The van der Waals surface area contributed by atoms with Gasteiger partial charge in [-0.05, 0) is 55.3 Å². The molecule has 0 aromatic heterocycles. The molecule has 4 aromatic rings. The molecule has 4 aromatic carbocycles. The Morgan fingerprint density at radius 3 is 1.64 bits per heavy atom. The fourth-order valence-electron chi connectivity index (χ4n) is 5.05. The lowest BCUT2D eigenvalue weighted by atomic mass is 9.68. The molecular formula is C25H18. The van der Waals surface area contributed by atoms with Crippen LogP contribution >= 0.6 is 0 Å². The quantitative estimate of drug-likeness (QED) is 0.295. The molecule has 0 spiro atoms. The third kappa shape index (κ3) is 1.45. The maximum atomic E-state index is 2.36. The van der Waals surface area contributed by atoms with Gasteiger partial charge in [-0.2, -0.15) is 0 Å². The Morgan fingerprint density at radius 2 is 0.960 bits per heavy atom. The highest BCUT2D eigenvalue weighted by atomic mass is 14.4. The van der Waals surface area contributed by atoms with Gasteiger partial charge >= 0.3 is 0 Å². The third-order valence-corrected chi connectivity index (χ3v) is 6.23. The van der Waals surface area contributed by atoms with Gasteiger partial charge < -0.3 is 0 Å². The van der Waals surface area contributed by atoms with Crippen molar-refractivity contribution in [2.75, 3.05) is 0 Å². The van der Waals surface area contributed by atoms with Crippen LogP contribution in [-0.2, 0) is 5.41 Å². The van der Waals surface area contributed by atoms with Crippen LogP contribution in [0.25, 0.3) is 44.2 Å². The summed E-state index contributed by atoms with van der Waals surface area (Å²) in [6.45, 7) is 4.72. The minimum atomic E-state index is 0.0233. The summed E-state index contributed by atoms with van der Waals surface area (Å²) in [7, 11) is 0. The second-order valence-electron chi connectivity index (χ2n) is 7.79. The molecule has 0 N–H and O–H groups in total. The molecule has 118 valence electrons. The van der Waals surface area contributed by atoms with Crippen molar-refractivity contribution in [3.05, 3.63) is 83.9 Å². The maximum Gasteiger partial charge on any atom is 0.0159 e. The topological polar surface area (TPSA) is 0 Å². The lowest BCUT2D eigenvalue weighted by Gasteiger charge is -2.35. The normalized spacial score (nSPS) is 15.1. The highest BCUT2D eigenvalue weighted by molar-refractivity contribution is 6.20. The van der Waals surface area contributed by atoms with Crippen LogP contribution in [0.1, 0.15) is 25.0 Å². The van der Waals surface area contributed by atoms with Crippen molar-refractivity contribution in [3.8, 4) is 33.4 Å². The smallest absolute Gasteiger partial charge is 0.0159 e. The first-order valence-electron chi connectivity index (χ1n) is 8.98. The van der Waals surface area contributed by atoms with Crippen LogP contribution in [0.2, 0.25) is 0 Å². The van der Waals surface area contributed by atoms with Crippen molar-refractivity contribution >= 4 is 10.8 Å². The predicted octanol–water partition coefficient (Wildman–Crippen LogP) is 6.79. The van der Waals surface area contributed by atoms with Crippen LogP contribution in [0.3, 0.4) is 0 Å². The van der Waals surface area contributed by atoms with Gasteiger partial charge in [0.2, 0.25) is 0 Å². The first-order chi connectivity index (χ1) is 12.2. The molecule has 0 heterocycles. The zero-order chi connectivity index (χ0) is 16.8. The van der Waals surface area contributed by atoms with Gasteiger partial charge in [-0.25, -0.2) is 0 Å². The molecule has 0 fully saturated rings. The largest absolute Gasteiger partial charge is 0.0619 e. The van der Waals surface area contributed by atoms with E-state index < -0.39 is 0 Å². The lowest BCUT2D eigenvalue weighted by Crippen LogP contribution is -2.23. The summed E-state index contributed by atoms with van der Waals surface area (Å²) >= 11 is 0. The molecule has 0 bridgehead atoms. The van der Waals surface area contributed by atoms with Crippen molar-refractivity contribution < 1.29 is 0 Å². The SMILES string of the molecule is CC1(C)c2ccccc2-c2ccc3c4c(ccc1c24)-c1ccccc1-3. The van der Waals surface area contributed by atoms with Gasteiger partial charge in [-0.15, -0.1) is 0 Å². The van der Waals surface area contributed by atoms with E-state index in [1.165, 1.54) is 55.3 Å². The van der Waals surface area contributed by atoms with E-state index in [1.807, 2.05) is 0 Å². The van der Waals surface area contributed by atoms with Crippen LogP contribution < -0.4 is 0 Å². The Labute approximate surface area is 147 Å². The fraction of sp³-hybridized carbons (Fsp3) is 0.120. The first-order valence-corrected chi connectivity index (χ1v) is 8.98. The molecule has 0 aliphatic heterocycles. The third-order valence-electron chi connectivity index (χ3n) is 6.23. The molecule has 0 radical (unpaired) electrons. The first kappa shape index (κ1) is 13.4. The molecule has 6 rings (SSSR count). The van der Waals surface area contributed by atoms with Gasteiger partial charge in [-0.1, -0.05) is 86.6 Å². The Hall–Kier alpha value is -2.86. The molecular weight excluding hydrogens is 300 g/mol. The van der Waals surface area contributed by atoms with Crippen LogP contribution in [-0.4, -0.2) is 0 Å². The van der Waals surface area contributed by atoms with Gasteiger partial charge in [0.25, 0.3) is 0 Å². The lowest BCUT2D eigenvalue weighted by molar-refractivity contribution is 0.645. The summed E-state index contributed by atoms with van der Waals surface area (Å²) in [5.41, 5.74) is 11.2. The van der Waals surface area contributed by atoms with Crippen molar-refractivity contribution in [2.45, 2.75) is 19.3 Å². The maximum absolute atomic E-state index is 2.36. The fourth-order valence-corrected chi connectivity index (χ4v) is 5.05. The molecule has 0 nitrogen and oxygen atoms in total. The predicted molar refractivity (Wildman–Crippen MR) is 106 cm³/mol. The van der Waals surface area contributed by atoms with E-state index in [1.54, 1.807) is 0 Å². The standard InChI is InChI=1S/C25H18/c1-25(2)21-10-6-5-9-17(21)20-12-11-18-15-7-3-4-8-16(15)19-13-14-22(25)24(20)23(18)19/h3-14H,1-2H3. The highest BCUT2D eigenvalue weighted by Gasteiger charge is 2.35. The second-order valence-corrected chi connectivity index (χ2v) is 7.79. The highest BCUT2D eigenvalue weighted by Crippen LogP contribution is 2.55. The number of hydrogen-bond acceptors (Lipinski definition) is 0. The molecule has 0 atom stereocenters. The number of hydrogen-bond donors (Lipinski definition) is 0. The van der Waals surface area contributed by atoms with Gasteiger partial charge in [0.05, 0.1) is 0 Å². The van der Waals surface area contributed by atoms with Crippen molar-refractivity contribution in [1.29, 1.82) is 0 Å². The average Bonchev–Trinajstić information content (AvgIpc) is 2.98. The van der Waals surface area contributed by atoms with E-state index in [-0.39, 0.29) is 5.41 Å². The summed E-state index contributed by atoms with van der Waals surface area (Å²) in [4.78, 5) is 0.